The van der Waals surface area contributed by atoms with Crippen LogP contribution in [0.15, 0.2) is 24.5 Å². The van der Waals surface area contributed by atoms with E-state index in [1.165, 1.54) is 5.56 Å². The summed E-state index contributed by atoms with van der Waals surface area (Å²) < 4.78 is 5.73. The van der Waals surface area contributed by atoms with Crippen LogP contribution < -0.4 is 5.32 Å². The molecule has 1 aliphatic rings. The highest BCUT2D eigenvalue weighted by Crippen LogP contribution is 2.25. The van der Waals surface area contributed by atoms with Gasteiger partial charge in [-0.05, 0) is 51.3 Å². The van der Waals surface area contributed by atoms with Gasteiger partial charge in [0.15, 0.2) is 0 Å². The van der Waals surface area contributed by atoms with Crippen molar-refractivity contribution in [3.8, 4) is 0 Å². The lowest BCUT2D eigenvalue weighted by Gasteiger charge is -2.37. The first-order valence-corrected chi connectivity index (χ1v) is 6.37. The molecule has 2 rings (SSSR count). The van der Waals surface area contributed by atoms with Gasteiger partial charge in [-0.3, -0.25) is 4.98 Å². The first kappa shape index (κ1) is 12.5. The molecule has 3 heteroatoms. The highest BCUT2D eigenvalue weighted by Gasteiger charge is 2.29. The maximum atomic E-state index is 5.73. The maximum absolute atomic E-state index is 5.73. The second-order valence-corrected chi connectivity index (χ2v) is 5.47. The number of hydrogen-bond acceptors (Lipinski definition) is 3. The molecule has 1 saturated heterocycles. The molecule has 1 aromatic heterocycles. The number of hydrogen-bond donors (Lipinski definition) is 1. The molecule has 0 amide bonds. The molecule has 1 unspecified atom stereocenters. The zero-order valence-electron chi connectivity index (χ0n) is 10.9. The summed E-state index contributed by atoms with van der Waals surface area (Å²) in [5.74, 6) is 0. The van der Waals surface area contributed by atoms with Crippen LogP contribution in [0.1, 0.15) is 45.2 Å². The molecular weight excluding hydrogens is 212 g/mol. The Hall–Kier alpha value is -0.930. The van der Waals surface area contributed by atoms with E-state index in [1.54, 1.807) is 0 Å². The van der Waals surface area contributed by atoms with E-state index in [0.717, 1.165) is 19.4 Å². The first-order valence-electron chi connectivity index (χ1n) is 6.37. The Labute approximate surface area is 104 Å². The second-order valence-electron chi connectivity index (χ2n) is 5.47. The average Bonchev–Trinajstić information content (AvgIpc) is 2.29. The van der Waals surface area contributed by atoms with Crippen molar-refractivity contribution in [3.63, 3.8) is 0 Å². The van der Waals surface area contributed by atoms with Crippen LogP contribution in [-0.4, -0.2) is 23.2 Å². The summed E-state index contributed by atoms with van der Waals surface area (Å²) >= 11 is 0. The summed E-state index contributed by atoms with van der Waals surface area (Å²) in [4.78, 5) is 4.05. The largest absolute Gasteiger partial charge is 0.375 e. The van der Waals surface area contributed by atoms with Crippen LogP contribution in [0.25, 0.3) is 0 Å². The Bertz CT molecular complexity index is 350. The zero-order chi connectivity index (χ0) is 12.3. The Kier molecular flexibility index (Phi) is 3.79. The molecule has 94 valence electrons. The number of nitrogens with one attached hydrogen (secondary N) is 1. The predicted molar refractivity (Wildman–Crippen MR) is 68.8 cm³/mol. The lowest BCUT2D eigenvalue weighted by atomic mass is 9.93. The standard InChI is InChI=1S/C14H22N2O/c1-11(12-4-7-15-8-5-12)16-13-6-9-17-14(2,3)10-13/h4-5,7-8,11,13,16H,6,9-10H2,1-3H3/t11-,13?/m0/s1. The normalized spacial score (nSPS) is 25.5. The number of pyridine rings is 1. The van der Waals surface area contributed by atoms with Crippen molar-refractivity contribution in [2.75, 3.05) is 6.61 Å². The Morgan fingerprint density at radius 1 is 1.41 bits per heavy atom. The van der Waals surface area contributed by atoms with Gasteiger partial charge in [0.25, 0.3) is 0 Å². The predicted octanol–water partition coefficient (Wildman–Crippen LogP) is 2.69. The minimum Gasteiger partial charge on any atom is -0.375 e. The van der Waals surface area contributed by atoms with Gasteiger partial charge in [-0.15, -0.1) is 0 Å². The van der Waals surface area contributed by atoms with Crippen LogP contribution in [-0.2, 0) is 4.74 Å². The lowest BCUT2D eigenvalue weighted by molar-refractivity contribution is -0.0639. The lowest BCUT2D eigenvalue weighted by Crippen LogP contribution is -2.44. The highest BCUT2D eigenvalue weighted by molar-refractivity contribution is 5.14. The van der Waals surface area contributed by atoms with Gasteiger partial charge >= 0.3 is 0 Å². The van der Waals surface area contributed by atoms with Crippen molar-refractivity contribution < 1.29 is 4.74 Å². The SMILES string of the molecule is C[C@H](NC1CCOC(C)(C)C1)c1ccncc1. The molecule has 0 spiro atoms. The van der Waals surface area contributed by atoms with Crippen LogP contribution in [0.4, 0.5) is 0 Å². The van der Waals surface area contributed by atoms with Crippen molar-refractivity contribution >= 4 is 0 Å². The molecule has 2 atom stereocenters. The molecular formula is C14H22N2O. The van der Waals surface area contributed by atoms with Crippen LogP contribution in [0, 0.1) is 0 Å². The molecule has 0 aliphatic carbocycles. The Balaban J connectivity index is 1.93. The number of nitrogens with zero attached hydrogens (tertiary/aromatic N) is 1. The van der Waals surface area contributed by atoms with E-state index in [4.69, 9.17) is 4.74 Å². The highest BCUT2D eigenvalue weighted by atomic mass is 16.5. The second kappa shape index (κ2) is 5.15. The van der Waals surface area contributed by atoms with E-state index in [1.807, 2.05) is 12.4 Å². The van der Waals surface area contributed by atoms with E-state index in [2.05, 4.69) is 43.2 Å². The van der Waals surface area contributed by atoms with E-state index in [9.17, 15) is 0 Å². The summed E-state index contributed by atoms with van der Waals surface area (Å²) in [5, 5.41) is 3.68. The van der Waals surface area contributed by atoms with Gasteiger partial charge in [0, 0.05) is 31.1 Å². The topological polar surface area (TPSA) is 34.1 Å². The third-order valence-electron chi connectivity index (χ3n) is 3.39. The van der Waals surface area contributed by atoms with Gasteiger partial charge in [0.1, 0.15) is 0 Å². The molecule has 1 fully saturated rings. The van der Waals surface area contributed by atoms with Gasteiger partial charge in [0.05, 0.1) is 5.60 Å². The molecule has 0 aromatic carbocycles. The molecule has 2 heterocycles. The van der Waals surface area contributed by atoms with Crippen LogP contribution in [0.3, 0.4) is 0 Å². The van der Waals surface area contributed by atoms with Crippen molar-refractivity contribution in [1.82, 2.24) is 10.3 Å². The molecule has 0 bridgehead atoms. The summed E-state index contributed by atoms with van der Waals surface area (Å²) in [6.07, 6.45) is 5.87. The fourth-order valence-corrected chi connectivity index (χ4v) is 2.48. The third kappa shape index (κ3) is 3.51. The van der Waals surface area contributed by atoms with Crippen LogP contribution in [0.5, 0.6) is 0 Å². The van der Waals surface area contributed by atoms with Gasteiger partial charge in [-0.1, -0.05) is 0 Å². The number of rotatable bonds is 3. The van der Waals surface area contributed by atoms with Crippen molar-refractivity contribution in [1.29, 1.82) is 0 Å². The Morgan fingerprint density at radius 2 is 2.12 bits per heavy atom. The molecule has 1 N–H and O–H groups in total. The summed E-state index contributed by atoms with van der Waals surface area (Å²) in [6, 6.07) is 5.06. The zero-order valence-corrected chi connectivity index (χ0v) is 10.9. The monoisotopic (exact) mass is 234 g/mol. The minimum absolute atomic E-state index is 0.00782. The molecule has 1 aliphatic heterocycles. The van der Waals surface area contributed by atoms with Gasteiger partial charge in [0.2, 0.25) is 0 Å². The Morgan fingerprint density at radius 3 is 2.76 bits per heavy atom. The fraction of sp³-hybridized carbons (Fsp3) is 0.643. The van der Waals surface area contributed by atoms with E-state index < -0.39 is 0 Å². The summed E-state index contributed by atoms with van der Waals surface area (Å²) in [6.45, 7) is 7.39. The third-order valence-corrected chi connectivity index (χ3v) is 3.39. The molecule has 0 saturated carbocycles. The van der Waals surface area contributed by atoms with Crippen molar-refractivity contribution in [3.05, 3.63) is 30.1 Å². The molecule has 1 aromatic rings. The first-order chi connectivity index (χ1) is 8.07. The maximum Gasteiger partial charge on any atom is 0.0641 e. The molecule has 17 heavy (non-hydrogen) atoms. The van der Waals surface area contributed by atoms with Gasteiger partial charge < -0.3 is 10.1 Å². The van der Waals surface area contributed by atoms with E-state index in [0.29, 0.717) is 12.1 Å². The average molecular weight is 234 g/mol. The van der Waals surface area contributed by atoms with Crippen molar-refractivity contribution in [2.24, 2.45) is 0 Å². The quantitative estimate of drug-likeness (QED) is 0.873. The van der Waals surface area contributed by atoms with Gasteiger partial charge in [-0.2, -0.15) is 0 Å². The number of ether oxygens (including phenoxy) is 1. The van der Waals surface area contributed by atoms with Crippen LogP contribution >= 0.6 is 0 Å². The minimum atomic E-state index is 0.00782. The summed E-state index contributed by atoms with van der Waals surface area (Å²) in [5.41, 5.74) is 1.30. The van der Waals surface area contributed by atoms with Crippen LogP contribution in [0.2, 0.25) is 0 Å². The van der Waals surface area contributed by atoms with E-state index in [-0.39, 0.29) is 5.60 Å². The summed E-state index contributed by atoms with van der Waals surface area (Å²) in [7, 11) is 0. The van der Waals surface area contributed by atoms with E-state index >= 15 is 0 Å². The number of aromatic nitrogens is 1. The molecule has 3 nitrogen and oxygen atoms in total. The molecule has 0 radical (unpaired) electrons. The van der Waals surface area contributed by atoms with Gasteiger partial charge in [-0.25, -0.2) is 0 Å². The van der Waals surface area contributed by atoms with Crippen molar-refractivity contribution in [2.45, 2.75) is 51.3 Å². The smallest absolute Gasteiger partial charge is 0.0641 e. The fourth-order valence-electron chi connectivity index (χ4n) is 2.48.